The Labute approximate surface area is 157 Å². The quantitative estimate of drug-likeness (QED) is 0.620. The summed E-state index contributed by atoms with van der Waals surface area (Å²) in [5.74, 6) is 0.855. The lowest BCUT2D eigenvalue weighted by atomic mass is 10.1. The van der Waals surface area contributed by atoms with Crippen molar-refractivity contribution in [1.29, 1.82) is 0 Å². The summed E-state index contributed by atoms with van der Waals surface area (Å²) in [5, 5.41) is 4.60. The van der Waals surface area contributed by atoms with Crippen LogP contribution < -0.4 is 4.90 Å². The number of anilines is 1. The van der Waals surface area contributed by atoms with Gasteiger partial charge in [-0.3, -0.25) is 4.79 Å². The largest absolute Gasteiger partial charge is 0.339 e. The molecule has 2 aromatic carbocycles. The summed E-state index contributed by atoms with van der Waals surface area (Å²) in [7, 11) is 0. The Morgan fingerprint density at radius 3 is 2.68 bits per heavy atom. The van der Waals surface area contributed by atoms with Crippen LogP contribution >= 0.6 is 27.5 Å². The van der Waals surface area contributed by atoms with Gasteiger partial charge in [0.05, 0.1) is 16.6 Å². The maximum absolute atomic E-state index is 12.4. The van der Waals surface area contributed by atoms with E-state index in [9.17, 15) is 4.79 Å². The highest BCUT2D eigenvalue weighted by Crippen LogP contribution is 2.35. The second-order valence-corrected chi connectivity index (χ2v) is 7.14. The van der Waals surface area contributed by atoms with Gasteiger partial charge in [0.1, 0.15) is 0 Å². The minimum absolute atomic E-state index is 0.00138. The number of halogens is 2. The number of amides is 1. The molecule has 7 heteroatoms. The van der Waals surface area contributed by atoms with Crippen LogP contribution in [0, 0.1) is 0 Å². The molecule has 2 heterocycles. The lowest BCUT2D eigenvalue weighted by Crippen LogP contribution is -2.24. The molecule has 0 radical (unpaired) electrons. The Kier molecular flexibility index (Phi) is 4.31. The molecule has 0 bridgehead atoms. The first-order chi connectivity index (χ1) is 12.1. The standard InChI is InChI=1S/C18H13BrClN3O2/c19-13-7-5-11(6-8-13)17-21-18(25-22-17)12-9-16(24)23(10-12)15-4-2-1-3-14(15)20/h1-8,12H,9-10H2. The van der Waals surface area contributed by atoms with Gasteiger partial charge in [0.15, 0.2) is 0 Å². The molecule has 0 aliphatic carbocycles. The van der Waals surface area contributed by atoms with Crippen molar-refractivity contribution in [1.82, 2.24) is 10.1 Å². The number of hydrogen-bond donors (Lipinski definition) is 0. The number of carbonyl (C=O) groups excluding carboxylic acids is 1. The topological polar surface area (TPSA) is 59.2 Å². The van der Waals surface area contributed by atoms with Crippen LogP contribution in [0.1, 0.15) is 18.2 Å². The van der Waals surface area contributed by atoms with Crippen molar-refractivity contribution in [3.8, 4) is 11.4 Å². The third kappa shape index (κ3) is 3.19. The van der Waals surface area contributed by atoms with Gasteiger partial charge in [-0.25, -0.2) is 0 Å². The Morgan fingerprint density at radius 1 is 1.16 bits per heavy atom. The molecule has 1 aromatic heterocycles. The minimum Gasteiger partial charge on any atom is -0.339 e. The van der Waals surface area contributed by atoms with Gasteiger partial charge in [0, 0.05) is 23.0 Å². The Balaban J connectivity index is 1.57. The van der Waals surface area contributed by atoms with E-state index >= 15 is 0 Å². The SMILES string of the molecule is O=C1CC(c2nc(-c3ccc(Br)cc3)no2)CN1c1ccccc1Cl. The van der Waals surface area contributed by atoms with Gasteiger partial charge in [-0.05, 0) is 36.4 Å². The summed E-state index contributed by atoms with van der Waals surface area (Å²) in [5.41, 5.74) is 1.58. The predicted octanol–water partition coefficient (Wildman–Crippen LogP) is 4.67. The lowest BCUT2D eigenvalue weighted by Gasteiger charge is -2.17. The van der Waals surface area contributed by atoms with E-state index in [-0.39, 0.29) is 11.8 Å². The molecule has 3 aromatic rings. The van der Waals surface area contributed by atoms with Crippen molar-refractivity contribution < 1.29 is 9.32 Å². The van der Waals surface area contributed by atoms with Crippen LogP contribution in [-0.2, 0) is 4.79 Å². The fourth-order valence-electron chi connectivity index (χ4n) is 2.89. The van der Waals surface area contributed by atoms with Gasteiger partial charge < -0.3 is 9.42 Å². The summed E-state index contributed by atoms with van der Waals surface area (Å²) in [6, 6.07) is 15.0. The molecule has 1 aliphatic rings. The highest BCUT2D eigenvalue weighted by atomic mass is 79.9. The van der Waals surface area contributed by atoms with E-state index in [1.54, 1.807) is 11.0 Å². The van der Waals surface area contributed by atoms with Crippen LogP contribution in [0.15, 0.2) is 57.5 Å². The summed E-state index contributed by atoms with van der Waals surface area (Å²) >= 11 is 9.61. The lowest BCUT2D eigenvalue weighted by molar-refractivity contribution is -0.117. The van der Waals surface area contributed by atoms with Crippen LogP contribution in [0.4, 0.5) is 5.69 Å². The molecule has 0 spiro atoms. The van der Waals surface area contributed by atoms with Gasteiger partial charge >= 0.3 is 0 Å². The molecule has 25 heavy (non-hydrogen) atoms. The van der Waals surface area contributed by atoms with E-state index in [1.165, 1.54) is 0 Å². The molecule has 1 saturated heterocycles. The molecule has 1 unspecified atom stereocenters. The molecule has 1 fully saturated rings. The molecular weight excluding hydrogens is 406 g/mol. The normalized spacial score (nSPS) is 17.3. The summed E-state index contributed by atoms with van der Waals surface area (Å²) in [6.07, 6.45) is 0.327. The number of benzene rings is 2. The molecule has 0 saturated carbocycles. The van der Waals surface area contributed by atoms with Crippen LogP contribution in [0.25, 0.3) is 11.4 Å². The van der Waals surface area contributed by atoms with Crippen molar-refractivity contribution in [3.05, 3.63) is 63.9 Å². The zero-order valence-corrected chi connectivity index (χ0v) is 15.4. The smallest absolute Gasteiger partial charge is 0.232 e. The fraction of sp³-hybridized carbons (Fsp3) is 0.167. The van der Waals surface area contributed by atoms with E-state index in [2.05, 4.69) is 26.1 Å². The van der Waals surface area contributed by atoms with Crippen LogP contribution in [0.3, 0.4) is 0 Å². The van der Waals surface area contributed by atoms with Gasteiger partial charge in [-0.2, -0.15) is 4.98 Å². The molecule has 0 N–H and O–H groups in total. The van der Waals surface area contributed by atoms with Crippen molar-refractivity contribution in [2.24, 2.45) is 0 Å². The number of aromatic nitrogens is 2. The summed E-state index contributed by atoms with van der Waals surface area (Å²) in [4.78, 5) is 18.5. The number of rotatable bonds is 3. The highest BCUT2D eigenvalue weighted by molar-refractivity contribution is 9.10. The number of nitrogens with zero attached hydrogens (tertiary/aromatic N) is 3. The van der Waals surface area contributed by atoms with E-state index in [1.807, 2.05) is 42.5 Å². The molecule has 1 amide bonds. The maximum atomic E-state index is 12.4. The maximum Gasteiger partial charge on any atom is 0.232 e. The van der Waals surface area contributed by atoms with Gasteiger partial charge in [-0.1, -0.05) is 44.8 Å². The molecule has 5 nitrogen and oxygen atoms in total. The van der Waals surface area contributed by atoms with E-state index in [0.717, 1.165) is 10.0 Å². The number of para-hydroxylation sites is 1. The second-order valence-electron chi connectivity index (χ2n) is 5.82. The van der Waals surface area contributed by atoms with Gasteiger partial charge in [0.2, 0.25) is 17.6 Å². The molecule has 126 valence electrons. The summed E-state index contributed by atoms with van der Waals surface area (Å²) < 4.78 is 6.39. The van der Waals surface area contributed by atoms with Crippen molar-refractivity contribution in [2.75, 3.05) is 11.4 Å². The molecule has 1 atom stereocenters. The van der Waals surface area contributed by atoms with Crippen molar-refractivity contribution >= 4 is 39.1 Å². The van der Waals surface area contributed by atoms with Gasteiger partial charge in [-0.15, -0.1) is 0 Å². The molecule has 1 aliphatic heterocycles. The van der Waals surface area contributed by atoms with Crippen LogP contribution in [0.2, 0.25) is 5.02 Å². The molecule has 4 rings (SSSR count). The first kappa shape index (κ1) is 16.3. The highest BCUT2D eigenvalue weighted by Gasteiger charge is 2.35. The van der Waals surface area contributed by atoms with E-state index in [4.69, 9.17) is 16.1 Å². The number of carbonyl (C=O) groups is 1. The fourth-order valence-corrected chi connectivity index (χ4v) is 3.40. The predicted molar refractivity (Wildman–Crippen MR) is 98.6 cm³/mol. The number of hydrogen-bond acceptors (Lipinski definition) is 4. The monoisotopic (exact) mass is 417 g/mol. The third-order valence-corrected chi connectivity index (χ3v) is 5.01. The third-order valence-electron chi connectivity index (χ3n) is 4.16. The van der Waals surface area contributed by atoms with E-state index in [0.29, 0.717) is 35.4 Å². The minimum atomic E-state index is -0.138. The average Bonchev–Trinajstić information content (AvgIpc) is 3.23. The van der Waals surface area contributed by atoms with Gasteiger partial charge in [0.25, 0.3) is 0 Å². The summed E-state index contributed by atoms with van der Waals surface area (Å²) in [6.45, 7) is 0.477. The first-order valence-corrected chi connectivity index (χ1v) is 8.93. The van der Waals surface area contributed by atoms with Crippen molar-refractivity contribution in [2.45, 2.75) is 12.3 Å². The zero-order chi connectivity index (χ0) is 17.4. The van der Waals surface area contributed by atoms with Crippen LogP contribution in [0.5, 0.6) is 0 Å². The molecular formula is C18H13BrClN3O2. The average molecular weight is 419 g/mol. The Hall–Kier alpha value is -2.18. The van der Waals surface area contributed by atoms with Crippen LogP contribution in [-0.4, -0.2) is 22.6 Å². The second kappa shape index (κ2) is 6.61. The Morgan fingerprint density at radius 2 is 1.92 bits per heavy atom. The Bertz CT molecular complexity index is 926. The zero-order valence-electron chi connectivity index (χ0n) is 13.0. The van der Waals surface area contributed by atoms with E-state index < -0.39 is 0 Å². The first-order valence-electron chi connectivity index (χ1n) is 7.76. The van der Waals surface area contributed by atoms with Crippen molar-refractivity contribution in [3.63, 3.8) is 0 Å².